The molecule has 0 unspecified atom stereocenters. The van der Waals surface area contributed by atoms with Gasteiger partial charge in [-0.3, -0.25) is 5.43 Å². The van der Waals surface area contributed by atoms with Crippen LogP contribution >= 0.6 is 11.3 Å². The number of anilines is 1. The van der Waals surface area contributed by atoms with Crippen LogP contribution in [0.1, 0.15) is 10.4 Å². The lowest BCUT2D eigenvalue weighted by Gasteiger charge is -1.96. The number of aryl methyl sites for hydroxylation is 1. The summed E-state index contributed by atoms with van der Waals surface area (Å²) in [6.45, 7) is 2.07. The summed E-state index contributed by atoms with van der Waals surface area (Å²) in [6, 6.07) is 20.3. The van der Waals surface area contributed by atoms with E-state index in [2.05, 4.69) is 34.6 Å². The first-order valence-corrected chi connectivity index (χ1v) is 8.18. The number of hydrazone groups is 1. The van der Waals surface area contributed by atoms with Gasteiger partial charge in [0.05, 0.1) is 5.69 Å². The quantitative estimate of drug-likeness (QED) is 0.516. The molecule has 0 atom stereocenters. The molecule has 0 fully saturated rings. The number of allylic oxidation sites excluding steroid dienone is 1. The van der Waals surface area contributed by atoms with Crippen LogP contribution in [0.3, 0.4) is 0 Å². The number of thiazole rings is 1. The minimum absolute atomic E-state index is 0.797. The van der Waals surface area contributed by atoms with Crippen LogP contribution in [0, 0.1) is 6.92 Å². The molecule has 0 aliphatic carbocycles. The minimum Gasteiger partial charge on any atom is -0.253 e. The predicted molar refractivity (Wildman–Crippen MR) is 99.9 cm³/mol. The molecule has 0 saturated carbocycles. The maximum Gasteiger partial charge on any atom is 0.204 e. The zero-order valence-electron chi connectivity index (χ0n) is 12.8. The Labute approximate surface area is 140 Å². The van der Waals surface area contributed by atoms with Gasteiger partial charge in [-0.2, -0.15) is 5.10 Å². The molecule has 114 valence electrons. The molecule has 0 aliphatic rings. The SMILES string of the molecule is Cc1sc(NN=C/C=C\c2ccccc2)nc1-c1ccccc1. The summed E-state index contributed by atoms with van der Waals surface area (Å²) in [7, 11) is 0. The highest BCUT2D eigenvalue weighted by Crippen LogP contribution is 2.29. The van der Waals surface area contributed by atoms with E-state index in [0.29, 0.717) is 0 Å². The van der Waals surface area contributed by atoms with Crippen molar-refractivity contribution >= 4 is 28.8 Å². The van der Waals surface area contributed by atoms with Gasteiger partial charge in [-0.05, 0) is 18.6 Å². The summed E-state index contributed by atoms with van der Waals surface area (Å²) in [5.74, 6) is 0. The number of nitrogens with zero attached hydrogens (tertiary/aromatic N) is 2. The zero-order chi connectivity index (χ0) is 15.9. The van der Waals surface area contributed by atoms with Gasteiger partial charge in [0.15, 0.2) is 0 Å². The van der Waals surface area contributed by atoms with Gasteiger partial charge in [0.25, 0.3) is 0 Å². The first kappa shape index (κ1) is 15.2. The van der Waals surface area contributed by atoms with Gasteiger partial charge in [-0.15, -0.1) is 11.3 Å². The van der Waals surface area contributed by atoms with Gasteiger partial charge in [-0.1, -0.05) is 66.7 Å². The van der Waals surface area contributed by atoms with Crippen molar-refractivity contribution in [1.82, 2.24) is 4.98 Å². The van der Waals surface area contributed by atoms with Crippen molar-refractivity contribution in [2.45, 2.75) is 6.92 Å². The molecule has 3 rings (SSSR count). The average Bonchev–Trinajstić information content (AvgIpc) is 2.97. The highest BCUT2D eigenvalue weighted by molar-refractivity contribution is 7.15. The zero-order valence-corrected chi connectivity index (χ0v) is 13.6. The molecule has 4 heteroatoms. The molecule has 1 heterocycles. The Bertz CT molecular complexity index is 805. The van der Waals surface area contributed by atoms with Crippen molar-refractivity contribution in [2.24, 2.45) is 5.10 Å². The van der Waals surface area contributed by atoms with E-state index in [1.54, 1.807) is 17.6 Å². The van der Waals surface area contributed by atoms with Crippen LogP contribution in [-0.2, 0) is 0 Å². The first-order valence-electron chi connectivity index (χ1n) is 7.36. The van der Waals surface area contributed by atoms with E-state index in [0.717, 1.165) is 22.0 Å². The molecule has 0 bridgehead atoms. The Hall–Kier alpha value is -2.72. The van der Waals surface area contributed by atoms with Crippen LogP contribution in [0.25, 0.3) is 17.3 Å². The molecule has 0 saturated heterocycles. The predicted octanol–water partition coefficient (Wildman–Crippen LogP) is 5.23. The number of nitrogens with one attached hydrogen (secondary N) is 1. The van der Waals surface area contributed by atoms with Crippen LogP contribution in [0.5, 0.6) is 0 Å². The van der Waals surface area contributed by atoms with Gasteiger partial charge in [0.2, 0.25) is 5.13 Å². The summed E-state index contributed by atoms with van der Waals surface area (Å²) in [5.41, 5.74) is 6.27. The number of rotatable bonds is 5. The molecular weight excluding hydrogens is 302 g/mol. The fraction of sp³-hybridized carbons (Fsp3) is 0.0526. The monoisotopic (exact) mass is 319 g/mol. The van der Waals surface area contributed by atoms with E-state index in [-0.39, 0.29) is 0 Å². The molecular formula is C19H17N3S. The second-order valence-electron chi connectivity index (χ2n) is 4.95. The van der Waals surface area contributed by atoms with Crippen molar-refractivity contribution in [3.8, 4) is 11.3 Å². The molecule has 0 amide bonds. The molecule has 23 heavy (non-hydrogen) atoms. The van der Waals surface area contributed by atoms with Crippen LogP contribution < -0.4 is 5.43 Å². The summed E-state index contributed by atoms with van der Waals surface area (Å²) < 4.78 is 0. The summed E-state index contributed by atoms with van der Waals surface area (Å²) in [6.07, 6.45) is 5.64. The van der Waals surface area contributed by atoms with E-state index in [1.807, 2.05) is 60.7 Å². The van der Waals surface area contributed by atoms with Gasteiger partial charge in [0.1, 0.15) is 0 Å². The Morgan fingerprint density at radius 3 is 2.43 bits per heavy atom. The standard InChI is InChI=1S/C19H17N3S/c1-15-18(17-12-6-3-7-13-17)21-19(23-15)22-20-14-8-11-16-9-4-2-5-10-16/h2-14H,1H3,(H,21,22)/b11-8-,20-14?. The lowest BCUT2D eigenvalue weighted by Crippen LogP contribution is -1.87. The number of hydrogen-bond donors (Lipinski definition) is 1. The fourth-order valence-electron chi connectivity index (χ4n) is 2.16. The molecule has 3 nitrogen and oxygen atoms in total. The number of benzene rings is 2. The van der Waals surface area contributed by atoms with Crippen molar-refractivity contribution < 1.29 is 0 Å². The lowest BCUT2D eigenvalue weighted by molar-refractivity contribution is 1.28. The van der Waals surface area contributed by atoms with Crippen LogP contribution in [-0.4, -0.2) is 11.2 Å². The Kier molecular flexibility index (Phi) is 4.96. The normalized spacial score (nSPS) is 11.3. The largest absolute Gasteiger partial charge is 0.253 e. The first-order chi connectivity index (χ1) is 11.3. The van der Waals surface area contributed by atoms with Crippen molar-refractivity contribution in [2.75, 3.05) is 5.43 Å². The number of hydrogen-bond acceptors (Lipinski definition) is 4. The summed E-state index contributed by atoms with van der Waals surface area (Å²) in [5, 5.41) is 4.99. The van der Waals surface area contributed by atoms with E-state index in [9.17, 15) is 0 Å². The third-order valence-electron chi connectivity index (χ3n) is 3.25. The van der Waals surface area contributed by atoms with Gasteiger partial charge < -0.3 is 0 Å². The maximum atomic E-state index is 4.61. The third kappa shape index (κ3) is 4.14. The lowest BCUT2D eigenvalue weighted by atomic mass is 10.1. The van der Waals surface area contributed by atoms with Crippen molar-refractivity contribution in [3.05, 3.63) is 77.2 Å². The van der Waals surface area contributed by atoms with Gasteiger partial charge >= 0.3 is 0 Å². The van der Waals surface area contributed by atoms with Crippen LogP contribution in [0.4, 0.5) is 5.13 Å². The van der Waals surface area contributed by atoms with E-state index in [1.165, 1.54) is 4.88 Å². The van der Waals surface area contributed by atoms with Crippen LogP contribution in [0.2, 0.25) is 0 Å². The average molecular weight is 319 g/mol. The third-order valence-corrected chi connectivity index (χ3v) is 4.13. The fourth-order valence-corrected chi connectivity index (χ4v) is 2.95. The molecule has 1 aromatic heterocycles. The van der Waals surface area contributed by atoms with E-state index in [4.69, 9.17) is 0 Å². The molecule has 1 N–H and O–H groups in total. The Balaban J connectivity index is 1.63. The molecule has 2 aromatic carbocycles. The number of aromatic nitrogens is 1. The van der Waals surface area contributed by atoms with E-state index >= 15 is 0 Å². The topological polar surface area (TPSA) is 37.3 Å². The molecule has 0 spiro atoms. The molecule has 0 radical (unpaired) electrons. The Morgan fingerprint density at radius 1 is 1.00 bits per heavy atom. The van der Waals surface area contributed by atoms with Crippen molar-refractivity contribution in [3.63, 3.8) is 0 Å². The molecule has 0 aliphatic heterocycles. The Morgan fingerprint density at radius 2 is 1.70 bits per heavy atom. The van der Waals surface area contributed by atoms with Gasteiger partial charge in [0, 0.05) is 16.7 Å². The summed E-state index contributed by atoms with van der Waals surface area (Å²) in [4.78, 5) is 5.78. The maximum absolute atomic E-state index is 4.61. The highest BCUT2D eigenvalue weighted by Gasteiger charge is 2.08. The highest BCUT2D eigenvalue weighted by atomic mass is 32.1. The second kappa shape index (κ2) is 7.51. The van der Waals surface area contributed by atoms with E-state index < -0.39 is 0 Å². The molecule has 3 aromatic rings. The van der Waals surface area contributed by atoms with Gasteiger partial charge in [-0.25, -0.2) is 4.98 Å². The second-order valence-corrected chi connectivity index (χ2v) is 6.15. The smallest absolute Gasteiger partial charge is 0.204 e. The summed E-state index contributed by atoms with van der Waals surface area (Å²) >= 11 is 1.60. The van der Waals surface area contributed by atoms with Crippen molar-refractivity contribution in [1.29, 1.82) is 0 Å². The minimum atomic E-state index is 0.797. The van der Waals surface area contributed by atoms with Crippen LogP contribution in [0.15, 0.2) is 71.8 Å².